The van der Waals surface area contributed by atoms with Crippen LogP contribution >= 0.6 is 0 Å². The molecule has 0 aromatic carbocycles. The Hall–Kier alpha value is -0.0900. The van der Waals surface area contributed by atoms with Crippen LogP contribution in [0.25, 0.3) is 0 Å². The zero-order valence-electron chi connectivity index (χ0n) is 9.82. The van der Waals surface area contributed by atoms with Crippen molar-refractivity contribution in [2.45, 2.75) is 68.6 Å². The third kappa shape index (κ3) is 2.77. The summed E-state index contributed by atoms with van der Waals surface area (Å²) in [5, 5.41) is 10.1. The first-order chi connectivity index (χ1) is 7.52. The van der Waals surface area contributed by atoms with Crippen LogP contribution in [0.1, 0.15) is 57.8 Å². The summed E-state index contributed by atoms with van der Waals surface area (Å²) in [6.45, 7) is 0. The minimum absolute atomic E-state index is 0.168. The lowest BCUT2D eigenvalue weighted by Crippen LogP contribution is -2.33. The van der Waals surface area contributed by atoms with Gasteiger partial charge in [0, 0.05) is 0 Å². The highest BCUT2D eigenvalue weighted by molar-refractivity contribution is 7.92. The van der Waals surface area contributed by atoms with Gasteiger partial charge in [-0.05, 0) is 38.5 Å². The first-order valence-electron chi connectivity index (χ1n) is 6.46. The van der Waals surface area contributed by atoms with E-state index < -0.39 is 15.4 Å². The SMILES string of the molecule is O=S1(=O)CCCC1CCC1(O)CCCCC1. The summed E-state index contributed by atoms with van der Waals surface area (Å²) in [6, 6.07) is 0. The van der Waals surface area contributed by atoms with Gasteiger partial charge < -0.3 is 5.11 Å². The topological polar surface area (TPSA) is 54.4 Å². The second kappa shape index (κ2) is 4.65. The minimum Gasteiger partial charge on any atom is -0.390 e. The standard InChI is InChI=1S/C12H22O3S/c13-12(7-2-1-3-8-12)9-6-11-5-4-10-16(11,14)15/h11,13H,1-10H2. The molecule has 0 radical (unpaired) electrons. The third-order valence-electron chi connectivity index (χ3n) is 4.18. The van der Waals surface area contributed by atoms with Crippen molar-refractivity contribution < 1.29 is 13.5 Å². The Balaban J connectivity index is 1.87. The molecule has 1 aliphatic heterocycles. The summed E-state index contributed by atoms with van der Waals surface area (Å²) >= 11 is 0. The maximum absolute atomic E-state index is 11.7. The van der Waals surface area contributed by atoms with Crippen LogP contribution in [0.2, 0.25) is 0 Å². The highest BCUT2D eigenvalue weighted by Gasteiger charge is 2.35. The molecule has 2 aliphatic rings. The molecular weight excluding hydrogens is 224 g/mol. The van der Waals surface area contributed by atoms with Gasteiger partial charge in [-0.25, -0.2) is 8.42 Å². The van der Waals surface area contributed by atoms with E-state index in [0.29, 0.717) is 18.6 Å². The average molecular weight is 246 g/mol. The lowest BCUT2D eigenvalue weighted by molar-refractivity contribution is -0.00552. The van der Waals surface area contributed by atoms with Crippen LogP contribution in [0.5, 0.6) is 0 Å². The maximum Gasteiger partial charge on any atom is 0.153 e. The summed E-state index contributed by atoms with van der Waals surface area (Å²) in [6.07, 6.45) is 8.07. The predicted molar refractivity (Wildman–Crippen MR) is 64.1 cm³/mol. The fourth-order valence-corrected chi connectivity index (χ4v) is 4.98. The summed E-state index contributed by atoms with van der Waals surface area (Å²) in [5.74, 6) is 0.357. The normalized spacial score (nSPS) is 32.7. The van der Waals surface area contributed by atoms with E-state index in [4.69, 9.17) is 0 Å². The van der Waals surface area contributed by atoms with Gasteiger partial charge in [-0.2, -0.15) is 0 Å². The van der Waals surface area contributed by atoms with Crippen LogP contribution in [0.15, 0.2) is 0 Å². The maximum atomic E-state index is 11.7. The molecule has 16 heavy (non-hydrogen) atoms. The molecule has 0 spiro atoms. The van der Waals surface area contributed by atoms with E-state index in [1.54, 1.807) is 0 Å². The molecular formula is C12H22O3S. The second-order valence-corrected chi connectivity index (χ2v) is 7.86. The molecule has 4 heteroatoms. The lowest BCUT2D eigenvalue weighted by atomic mass is 9.81. The van der Waals surface area contributed by atoms with Crippen LogP contribution in [-0.2, 0) is 9.84 Å². The van der Waals surface area contributed by atoms with Gasteiger partial charge in [0.15, 0.2) is 9.84 Å². The summed E-state index contributed by atoms with van der Waals surface area (Å²) in [7, 11) is -2.83. The molecule has 0 amide bonds. The van der Waals surface area contributed by atoms with E-state index in [2.05, 4.69) is 0 Å². The van der Waals surface area contributed by atoms with Gasteiger partial charge in [0.2, 0.25) is 0 Å². The molecule has 2 fully saturated rings. The first kappa shape index (κ1) is 12.4. The summed E-state index contributed by atoms with van der Waals surface area (Å²) in [4.78, 5) is 0. The van der Waals surface area contributed by atoms with Gasteiger partial charge in [0.05, 0.1) is 16.6 Å². The Morgan fingerprint density at radius 2 is 1.81 bits per heavy atom. The van der Waals surface area contributed by atoms with Gasteiger partial charge >= 0.3 is 0 Å². The van der Waals surface area contributed by atoms with Crippen LogP contribution in [-0.4, -0.2) is 30.1 Å². The van der Waals surface area contributed by atoms with Crippen molar-refractivity contribution in [2.24, 2.45) is 0 Å². The molecule has 3 nitrogen and oxygen atoms in total. The molecule has 1 N–H and O–H groups in total. The summed E-state index contributed by atoms with van der Waals surface area (Å²) in [5.41, 5.74) is -0.559. The average Bonchev–Trinajstić information content (AvgIpc) is 2.56. The molecule has 1 unspecified atom stereocenters. The van der Waals surface area contributed by atoms with Crippen molar-refractivity contribution in [3.8, 4) is 0 Å². The van der Waals surface area contributed by atoms with Gasteiger partial charge in [-0.15, -0.1) is 0 Å². The lowest BCUT2D eigenvalue weighted by Gasteiger charge is -2.32. The Bertz CT molecular complexity index is 328. The highest BCUT2D eigenvalue weighted by atomic mass is 32.2. The minimum atomic E-state index is -2.83. The summed E-state index contributed by atoms with van der Waals surface area (Å²) < 4.78 is 23.3. The van der Waals surface area contributed by atoms with Crippen molar-refractivity contribution in [3.05, 3.63) is 0 Å². The first-order valence-corrected chi connectivity index (χ1v) is 8.17. The zero-order chi connectivity index (χ0) is 11.6. The smallest absolute Gasteiger partial charge is 0.153 e. The largest absolute Gasteiger partial charge is 0.390 e. The van der Waals surface area contributed by atoms with Gasteiger partial charge in [0.25, 0.3) is 0 Å². The highest BCUT2D eigenvalue weighted by Crippen LogP contribution is 2.34. The Morgan fingerprint density at radius 3 is 2.38 bits per heavy atom. The van der Waals surface area contributed by atoms with Crippen molar-refractivity contribution in [3.63, 3.8) is 0 Å². The van der Waals surface area contributed by atoms with E-state index in [1.165, 1.54) is 6.42 Å². The fourth-order valence-electron chi connectivity index (χ4n) is 3.07. The quantitative estimate of drug-likeness (QED) is 0.829. The van der Waals surface area contributed by atoms with Crippen LogP contribution in [0.4, 0.5) is 0 Å². The predicted octanol–water partition coefficient (Wildman–Crippen LogP) is 2.04. The van der Waals surface area contributed by atoms with E-state index in [9.17, 15) is 13.5 Å². The Kier molecular flexibility index (Phi) is 3.59. The molecule has 1 heterocycles. The molecule has 2 rings (SSSR count). The van der Waals surface area contributed by atoms with Crippen molar-refractivity contribution in [1.29, 1.82) is 0 Å². The number of hydrogen-bond acceptors (Lipinski definition) is 3. The molecule has 1 atom stereocenters. The molecule has 94 valence electrons. The molecule has 0 aromatic rings. The van der Waals surface area contributed by atoms with E-state index in [0.717, 1.165) is 38.5 Å². The monoisotopic (exact) mass is 246 g/mol. The molecule has 0 bridgehead atoms. The van der Waals surface area contributed by atoms with Gasteiger partial charge in [-0.3, -0.25) is 0 Å². The Labute approximate surface area is 98.2 Å². The van der Waals surface area contributed by atoms with Crippen molar-refractivity contribution in [1.82, 2.24) is 0 Å². The number of hydrogen-bond donors (Lipinski definition) is 1. The molecule has 1 aliphatic carbocycles. The van der Waals surface area contributed by atoms with Gasteiger partial charge in [-0.1, -0.05) is 19.3 Å². The third-order valence-corrected chi connectivity index (χ3v) is 6.52. The zero-order valence-corrected chi connectivity index (χ0v) is 10.6. The van der Waals surface area contributed by atoms with Crippen molar-refractivity contribution in [2.75, 3.05) is 5.75 Å². The number of sulfone groups is 1. The van der Waals surface area contributed by atoms with Crippen LogP contribution in [0, 0.1) is 0 Å². The van der Waals surface area contributed by atoms with Crippen LogP contribution in [0.3, 0.4) is 0 Å². The van der Waals surface area contributed by atoms with E-state index in [-0.39, 0.29) is 5.25 Å². The number of aliphatic hydroxyl groups is 1. The van der Waals surface area contributed by atoms with E-state index >= 15 is 0 Å². The van der Waals surface area contributed by atoms with Gasteiger partial charge in [0.1, 0.15) is 0 Å². The number of rotatable bonds is 3. The Morgan fingerprint density at radius 1 is 1.12 bits per heavy atom. The molecule has 1 saturated heterocycles. The van der Waals surface area contributed by atoms with Crippen LogP contribution < -0.4 is 0 Å². The van der Waals surface area contributed by atoms with Crippen molar-refractivity contribution >= 4 is 9.84 Å². The molecule has 0 aromatic heterocycles. The van der Waals surface area contributed by atoms with E-state index in [1.807, 2.05) is 0 Å². The second-order valence-electron chi connectivity index (χ2n) is 5.45. The fraction of sp³-hybridized carbons (Fsp3) is 1.00. The molecule has 1 saturated carbocycles.